The molecule has 82 valence electrons. The predicted molar refractivity (Wildman–Crippen MR) is 64.4 cm³/mol. The third kappa shape index (κ3) is 2.55. The van der Waals surface area contributed by atoms with Gasteiger partial charge in [0.25, 0.3) is 0 Å². The summed E-state index contributed by atoms with van der Waals surface area (Å²) < 4.78 is 0. The van der Waals surface area contributed by atoms with Crippen LogP contribution < -0.4 is 10.7 Å². The first-order valence-electron chi connectivity index (χ1n) is 4.86. The van der Waals surface area contributed by atoms with Crippen molar-refractivity contribution in [3.8, 4) is 0 Å². The zero-order valence-electron chi connectivity index (χ0n) is 8.29. The molecule has 0 saturated carbocycles. The van der Waals surface area contributed by atoms with E-state index in [1.54, 1.807) is 0 Å². The molecule has 0 aliphatic carbocycles. The predicted octanol–water partition coefficient (Wildman–Crippen LogP) is 1.99. The van der Waals surface area contributed by atoms with E-state index in [-0.39, 0.29) is 0 Å². The Kier molecular flexibility index (Phi) is 3.36. The van der Waals surface area contributed by atoms with Crippen LogP contribution in [0.25, 0.3) is 0 Å². The van der Waals surface area contributed by atoms with E-state index in [1.807, 2.05) is 23.2 Å². The zero-order valence-corrected chi connectivity index (χ0v) is 9.80. The largest absolute Gasteiger partial charge is 0.369 e. The molecule has 0 unspecified atom stereocenters. The van der Waals surface area contributed by atoms with Crippen LogP contribution in [0.3, 0.4) is 0 Å². The highest BCUT2D eigenvalue weighted by atomic mass is 35.5. The van der Waals surface area contributed by atoms with Gasteiger partial charge in [0.2, 0.25) is 0 Å². The van der Waals surface area contributed by atoms with E-state index < -0.39 is 0 Å². The molecule has 0 atom stereocenters. The minimum Gasteiger partial charge on any atom is -0.369 e. The molecule has 1 aliphatic rings. The van der Waals surface area contributed by atoms with Crippen molar-refractivity contribution in [1.82, 2.24) is 5.01 Å². The maximum Gasteiger partial charge on any atom is 0.0612 e. The third-order valence-corrected chi connectivity index (χ3v) is 3.32. The standard InChI is InChI=1S/C10H13Cl2N3/c11-9-2-1-8(7-10(9)12)14-3-5-15(13)6-4-14/h1-2,7H,3-6,13H2. The lowest BCUT2D eigenvalue weighted by atomic mass is 10.2. The molecule has 15 heavy (non-hydrogen) atoms. The Morgan fingerprint density at radius 3 is 2.27 bits per heavy atom. The number of benzene rings is 1. The second-order valence-corrected chi connectivity index (χ2v) is 4.44. The van der Waals surface area contributed by atoms with Gasteiger partial charge < -0.3 is 4.90 Å². The van der Waals surface area contributed by atoms with Crippen molar-refractivity contribution in [1.29, 1.82) is 0 Å². The third-order valence-electron chi connectivity index (χ3n) is 2.58. The van der Waals surface area contributed by atoms with E-state index in [1.165, 1.54) is 0 Å². The molecule has 0 spiro atoms. The van der Waals surface area contributed by atoms with E-state index in [2.05, 4.69) is 4.90 Å². The van der Waals surface area contributed by atoms with Crippen LogP contribution in [0.15, 0.2) is 18.2 Å². The van der Waals surface area contributed by atoms with Gasteiger partial charge in [0, 0.05) is 31.9 Å². The van der Waals surface area contributed by atoms with Gasteiger partial charge in [0.15, 0.2) is 0 Å². The van der Waals surface area contributed by atoms with Crippen molar-refractivity contribution < 1.29 is 0 Å². The maximum atomic E-state index is 5.97. The molecule has 0 radical (unpaired) electrons. The number of nitrogens with zero attached hydrogens (tertiary/aromatic N) is 2. The van der Waals surface area contributed by atoms with Gasteiger partial charge in [-0.2, -0.15) is 0 Å². The Balaban J connectivity index is 2.12. The van der Waals surface area contributed by atoms with E-state index in [4.69, 9.17) is 29.0 Å². The monoisotopic (exact) mass is 245 g/mol. The molecular formula is C10H13Cl2N3. The molecule has 1 saturated heterocycles. The summed E-state index contributed by atoms with van der Waals surface area (Å²) in [6, 6.07) is 5.71. The highest BCUT2D eigenvalue weighted by Gasteiger charge is 2.15. The summed E-state index contributed by atoms with van der Waals surface area (Å²) >= 11 is 11.8. The Morgan fingerprint density at radius 1 is 1.00 bits per heavy atom. The van der Waals surface area contributed by atoms with Crippen LogP contribution in [0, 0.1) is 0 Å². The fraction of sp³-hybridized carbons (Fsp3) is 0.400. The van der Waals surface area contributed by atoms with Crippen molar-refractivity contribution >= 4 is 28.9 Å². The number of rotatable bonds is 1. The first-order valence-corrected chi connectivity index (χ1v) is 5.62. The lowest BCUT2D eigenvalue weighted by Gasteiger charge is -2.33. The van der Waals surface area contributed by atoms with E-state index in [0.29, 0.717) is 10.0 Å². The molecule has 1 heterocycles. The lowest BCUT2D eigenvalue weighted by Crippen LogP contribution is -2.49. The first kappa shape index (κ1) is 11.0. The molecule has 1 aromatic carbocycles. The molecule has 2 N–H and O–H groups in total. The van der Waals surface area contributed by atoms with E-state index in [0.717, 1.165) is 31.9 Å². The molecule has 0 aromatic heterocycles. The van der Waals surface area contributed by atoms with Crippen molar-refractivity contribution in [2.75, 3.05) is 31.1 Å². The lowest BCUT2D eigenvalue weighted by molar-refractivity contribution is 0.266. The molecule has 1 fully saturated rings. The van der Waals surface area contributed by atoms with Crippen molar-refractivity contribution in [2.24, 2.45) is 5.84 Å². The number of piperazine rings is 1. The Hall–Kier alpha value is -0.480. The minimum absolute atomic E-state index is 0.595. The molecule has 1 aliphatic heterocycles. The number of nitrogens with two attached hydrogens (primary N) is 1. The summed E-state index contributed by atoms with van der Waals surface area (Å²) in [7, 11) is 0. The average Bonchev–Trinajstić information content (AvgIpc) is 2.23. The first-order chi connectivity index (χ1) is 7.16. The molecule has 2 rings (SSSR count). The van der Waals surface area contributed by atoms with Crippen LogP contribution in [-0.4, -0.2) is 31.2 Å². The normalized spacial score (nSPS) is 18.2. The second-order valence-electron chi connectivity index (χ2n) is 3.62. The summed E-state index contributed by atoms with van der Waals surface area (Å²) in [4.78, 5) is 2.26. The summed E-state index contributed by atoms with van der Waals surface area (Å²) in [6.45, 7) is 3.60. The SMILES string of the molecule is NN1CCN(c2ccc(Cl)c(Cl)c2)CC1. The van der Waals surface area contributed by atoms with E-state index in [9.17, 15) is 0 Å². The van der Waals surface area contributed by atoms with Gasteiger partial charge in [-0.1, -0.05) is 23.2 Å². The molecule has 3 nitrogen and oxygen atoms in total. The zero-order chi connectivity index (χ0) is 10.8. The van der Waals surface area contributed by atoms with Gasteiger partial charge in [-0.25, -0.2) is 5.01 Å². The fourth-order valence-corrected chi connectivity index (χ4v) is 1.95. The maximum absolute atomic E-state index is 5.97. The smallest absolute Gasteiger partial charge is 0.0612 e. The Labute approximate surface area is 99.3 Å². The quantitative estimate of drug-likeness (QED) is 0.769. The van der Waals surface area contributed by atoms with Crippen molar-refractivity contribution in [3.63, 3.8) is 0 Å². The molecular weight excluding hydrogens is 233 g/mol. The van der Waals surface area contributed by atoms with Gasteiger partial charge in [0.1, 0.15) is 0 Å². The summed E-state index contributed by atoms with van der Waals surface area (Å²) in [5, 5.41) is 3.02. The number of hydrazine groups is 1. The highest BCUT2D eigenvalue weighted by Crippen LogP contribution is 2.27. The topological polar surface area (TPSA) is 32.5 Å². The number of anilines is 1. The molecule has 1 aromatic rings. The Morgan fingerprint density at radius 2 is 1.67 bits per heavy atom. The van der Waals surface area contributed by atoms with Crippen LogP contribution in [-0.2, 0) is 0 Å². The van der Waals surface area contributed by atoms with Crippen LogP contribution in [0.2, 0.25) is 10.0 Å². The number of hydrogen-bond acceptors (Lipinski definition) is 3. The highest BCUT2D eigenvalue weighted by molar-refractivity contribution is 6.42. The summed E-state index contributed by atoms with van der Waals surface area (Å²) in [5.41, 5.74) is 1.11. The van der Waals surface area contributed by atoms with Crippen LogP contribution in [0.4, 0.5) is 5.69 Å². The fourth-order valence-electron chi connectivity index (χ4n) is 1.66. The minimum atomic E-state index is 0.595. The Bertz CT molecular complexity index is 349. The van der Waals surface area contributed by atoms with Gasteiger partial charge >= 0.3 is 0 Å². The van der Waals surface area contributed by atoms with Crippen LogP contribution in [0.5, 0.6) is 0 Å². The average molecular weight is 246 g/mol. The molecule has 5 heteroatoms. The van der Waals surface area contributed by atoms with Gasteiger partial charge in [0.05, 0.1) is 10.0 Å². The number of hydrogen-bond donors (Lipinski definition) is 1. The summed E-state index contributed by atoms with van der Waals surface area (Å²) in [5.74, 6) is 5.69. The van der Waals surface area contributed by atoms with Gasteiger partial charge in [-0.15, -0.1) is 0 Å². The van der Waals surface area contributed by atoms with Crippen LogP contribution in [0.1, 0.15) is 0 Å². The van der Waals surface area contributed by atoms with E-state index >= 15 is 0 Å². The van der Waals surface area contributed by atoms with Crippen molar-refractivity contribution in [2.45, 2.75) is 0 Å². The molecule has 0 amide bonds. The van der Waals surface area contributed by atoms with Gasteiger partial charge in [-0.05, 0) is 18.2 Å². The number of halogens is 2. The van der Waals surface area contributed by atoms with Crippen LogP contribution >= 0.6 is 23.2 Å². The van der Waals surface area contributed by atoms with Crippen molar-refractivity contribution in [3.05, 3.63) is 28.2 Å². The van der Waals surface area contributed by atoms with Gasteiger partial charge in [-0.3, -0.25) is 5.84 Å². The summed E-state index contributed by atoms with van der Waals surface area (Å²) in [6.07, 6.45) is 0. The molecule has 0 bridgehead atoms. The second kappa shape index (κ2) is 4.58.